The van der Waals surface area contributed by atoms with Gasteiger partial charge in [-0.15, -0.1) is 21.5 Å². The van der Waals surface area contributed by atoms with Gasteiger partial charge in [0, 0.05) is 17.0 Å². The number of thioether (sulfide) groups is 1. The Labute approximate surface area is 195 Å². The fourth-order valence-electron chi connectivity index (χ4n) is 2.83. The first-order valence-electron chi connectivity index (χ1n) is 10.1. The first kappa shape index (κ1) is 23.7. The van der Waals surface area contributed by atoms with E-state index < -0.39 is 5.25 Å². The van der Waals surface area contributed by atoms with Crippen LogP contribution in [-0.2, 0) is 17.9 Å². The molecule has 2 amide bonds. The Hall–Kier alpha value is -2.92. The second-order valence-electron chi connectivity index (χ2n) is 6.97. The molecule has 3 aromatic rings. The molecular formula is C21H26N6O3S2. The van der Waals surface area contributed by atoms with E-state index in [2.05, 4.69) is 25.8 Å². The number of rotatable bonds is 9. The lowest BCUT2D eigenvalue weighted by molar-refractivity contribution is -0.115. The lowest BCUT2D eigenvalue weighted by Crippen LogP contribution is -2.25. The van der Waals surface area contributed by atoms with E-state index in [1.54, 1.807) is 31.4 Å². The van der Waals surface area contributed by atoms with Gasteiger partial charge in [-0.1, -0.05) is 17.8 Å². The highest BCUT2D eigenvalue weighted by Gasteiger charge is 2.21. The van der Waals surface area contributed by atoms with Crippen molar-refractivity contribution in [2.75, 3.05) is 12.4 Å². The maximum absolute atomic E-state index is 12.6. The van der Waals surface area contributed by atoms with Crippen molar-refractivity contribution in [2.24, 2.45) is 0 Å². The molecule has 0 radical (unpaired) electrons. The van der Waals surface area contributed by atoms with Gasteiger partial charge in [0.2, 0.25) is 5.91 Å². The number of aryl methyl sites for hydroxylation is 2. The van der Waals surface area contributed by atoms with Crippen molar-refractivity contribution in [2.45, 2.75) is 51.2 Å². The molecule has 0 aliphatic heterocycles. The van der Waals surface area contributed by atoms with Crippen LogP contribution in [0, 0.1) is 13.8 Å². The van der Waals surface area contributed by atoms with Gasteiger partial charge in [-0.2, -0.15) is 0 Å². The molecular weight excluding hydrogens is 448 g/mol. The number of carbonyl (C=O) groups is 2. The number of methoxy groups -OCH3 is 1. The molecule has 2 aromatic heterocycles. The van der Waals surface area contributed by atoms with Crippen molar-refractivity contribution in [3.8, 4) is 5.75 Å². The number of thiazole rings is 1. The number of amides is 2. The first-order valence-corrected chi connectivity index (χ1v) is 11.8. The molecule has 32 heavy (non-hydrogen) atoms. The minimum absolute atomic E-state index is 0.151. The summed E-state index contributed by atoms with van der Waals surface area (Å²) in [6, 6.07) is 6.93. The molecule has 170 valence electrons. The van der Waals surface area contributed by atoms with Crippen LogP contribution < -0.4 is 15.4 Å². The zero-order valence-corrected chi connectivity index (χ0v) is 20.3. The number of ether oxygens (including phenoxy) is 1. The number of nitrogens with zero attached hydrogens (tertiary/aromatic N) is 4. The van der Waals surface area contributed by atoms with Crippen LogP contribution in [0.4, 0.5) is 5.13 Å². The maximum Gasteiger partial charge on any atom is 0.251 e. The smallest absolute Gasteiger partial charge is 0.251 e. The number of hydrogen-bond donors (Lipinski definition) is 2. The fraction of sp³-hybridized carbons (Fsp3) is 0.381. The standard InChI is InChI=1S/C21H26N6O3S2/c1-6-27-17(11-22-19(29)15-8-7-9-16(10-15)30-5)25-26-21(27)32-14(4)18(28)24-20-23-12(2)13(3)31-20/h7-10,14H,6,11H2,1-5H3,(H,22,29)(H,23,24,28). The Morgan fingerprint density at radius 2 is 2.06 bits per heavy atom. The summed E-state index contributed by atoms with van der Waals surface area (Å²) in [4.78, 5) is 30.5. The molecule has 0 fully saturated rings. The first-order chi connectivity index (χ1) is 15.3. The molecule has 0 aliphatic rings. The van der Waals surface area contributed by atoms with Crippen molar-refractivity contribution in [3.63, 3.8) is 0 Å². The molecule has 0 saturated carbocycles. The Morgan fingerprint density at radius 3 is 2.72 bits per heavy atom. The number of hydrogen-bond acceptors (Lipinski definition) is 8. The second-order valence-corrected chi connectivity index (χ2v) is 9.48. The summed E-state index contributed by atoms with van der Waals surface area (Å²) in [5, 5.41) is 15.0. The van der Waals surface area contributed by atoms with E-state index in [9.17, 15) is 9.59 Å². The van der Waals surface area contributed by atoms with Crippen LogP contribution in [0.1, 0.15) is 40.6 Å². The average molecular weight is 475 g/mol. The van der Waals surface area contributed by atoms with Gasteiger partial charge in [0.05, 0.1) is 24.6 Å². The normalized spacial score (nSPS) is 11.8. The molecule has 3 rings (SSSR count). The summed E-state index contributed by atoms with van der Waals surface area (Å²) >= 11 is 2.77. The zero-order chi connectivity index (χ0) is 23.3. The van der Waals surface area contributed by atoms with Crippen LogP contribution in [0.25, 0.3) is 0 Å². The molecule has 1 unspecified atom stereocenters. The molecule has 0 saturated heterocycles. The molecule has 11 heteroatoms. The van der Waals surface area contributed by atoms with Gasteiger partial charge in [-0.25, -0.2) is 4.98 Å². The van der Waals surface area contributed by atoms with Gasteiger partial charge in [-0.05, 0) is 45.9 Å². The third-order valence-corrected chi connectivity index (χ3v) is 6.83. The van der Waals surface area contributed by atoms with Crippen LogP contribution in [0.3, 0.4) is 0 Å². The summed E-state index contributed by atoms with van der Waals surface area (Å²) in [5.41, 5.74) is 1.41. The fourth-order valence-corrected chi connectivity index (χ4v) is 4.57. The predicted molar refractivity (Wildman–Crippen MR) is 125 cm³/mol. The van der Waals surface area contributed by atoms with Gasteiger partial charge in [0.15, 0.2) is 16.1 Å². The van der Waals surface area contributed by atoms with E-state index in [-0.39, 0.29) is 18.4 Å². The maximum atomic E-state index is 12.6. The van der Waals surface area contributed by atoms with Crippen LogP contribution >= 0.6 is 23.1 Å². The molecule has 0 spiro atoms. The molecule has 2 heterocycles. The number of nitrogens with one attached hydrogen (secondary N) is 2. The second kappa shape index (κ2) is 10.6. The average Bonchev–Trinajstić information content (AvgIpc) is 3.32. The van der Waals surface area contributed by atoms with Gasteiger partial charge in [0.1, 0.15) is 5.75 Å². The molecule has 0 aliphatic carbocycles. The summed E-state index contributed by atoms with van der Waals surface area (Å²) in [6.45, 7) is 8.49. The van der Waals surface area contributed by atoms with Crippen molar-refractivity contribution in [3.05, 3.63) is 46.2 Å². The number of carbonyl (C=O) groups excluding carboxylic acids is 2. The topological polar surface area (TPSA) is 111 Å². The third kappa shape index (κ3) is 5.65. The Bertz CT molecular complexity index is 1090. The monoisotopic (exact) mass is 474 g/mol. The van der Waals surface area contributed by atoms with Gasteiger partial charge in [-0.3, -0.25) is 9.59 Å². The minimum Gasteiger partial charge on any atom is -0.497 e. The van der Waals surface area contributed by atoms with E-state index in [1.807, 2.05) is 32.3 Å². The van der Waals surface area contributed by atoms with Crippen molar-refractivity contribution < 1.29 is 14.3 Å². The largest absolute Gasteiger partial charge is 0.497 e. The zero-order valence-electron chi connectivity index (χ0n) is 18.6. The molecule has 9 nitrogen and oxygen atoms in total. The van der Waals surface area contributed by atoms with Crippen LogP contribution in [0.15, 0.2) is 29.4 Å². The molecule has 2 N–H and O–H groups in total. The van der Waals surface area contributed by atoms with E-state index in [1.165, 1.54) is 23.1 Å². The number of aromatic nitrogens is 4. The van der Waals surface area contributed by atoms with Crippen LogP contribution in [-0.4, -0.2) is 43.9 Å². The third-order valence-electron chi connectivity index (χ3n) is 4.76. The van der Waals surface area contributed by atoms with E-state index in [4.69, 9.17) is 4.74 Å². The lowest BCUT2D eigenvalue weighted by atomic mass is 10.2. The summed E-state index contributed by atoms with van der Waals surface area (Å²) in [5.74, 6) is 0.848. The highest BCUT2D eigenvalue weighted by molar-refractivity contribution is 8.00. The van der Waals surface area contributed by atoms with Crippen molar-refractivity contribution in [1.29, 1.82) is 0 Å². The predicted octanol–water partition coefficient (Wildman–Crippen LogP) is 3.43. The van der Waals surface area contributed by atoms with Crippen LogP contribution in [0.5, 0.6) is 5.75 Å². The molecule has 0 bridgehead atoms. The number of benzene rings is 1. The van der Waals surface area contributed by atoms with Gasteiger partial charge >= 0.3 is 0 Å². The number of anilines is 1. The minimum atomic E-state index is -0.395. The molecule has 1 aromatic carbocycles. The summed E-state index contributed by atoms with van der Waals surface area (Å²) in [7, 11) is 1.56. The van der Waals surface area contributed by atoms with E-state index in [0.29, 0.717) is 34.0 Å². The summed E-state index contributed by atoms with van der Waals surface area (Å²) < 4.78 is 7.05. The molecule has 1 atom stereocenters. The highest BCUT2D eigenvalue weighted by atomic mass is 32.2. The lowest BCUT2D eigenvalue weighted by Gasteiger charge is -2.12. The van der Waals surface area contributed by atoms with E-state index >= 15 is 0 Å². The van der Waals surface area contributed by atoms with E-state index in [0.717, 1.165) is 10.6 Å². The summed E-state index contributed by atoms with van der Waals surface area (Å²) in [6.07, 6.45) is 0. The Balaban J connectivity index is 1.62. The SMILES string of the molecule is CCn1c(CNC(=O)c2cccc(OC)c2)nnc1SC(C)C(=O)Nc1nc(C)c(C)s1. The van der Waals surface area contributed by atoms with Gasteiger partial charge in [0.25, 0.3) is 5.91 Å². The van der Waals surface area contributed by atoms with Crippen molar-refractivity contribution >= 4 is 40.0 Å². The van der Waals surface area contributed by atoms with Crippen molar-refractivity contribution in [1.82, 2.24) is 25.1 Å². The Kier molecular flexibility index (Phi) is 7.86. The quantitative estimate of drug-likeness (QED) is 0.457. The highest BCUT2D eigenvalue weighted by Crippen LogP contribution is 2.26. The van der Waals surface area contributed by atoms with Gasteiger partial charge < -0.3 is 19.9 Å². The van der Waals surface area contributed by atoms with Crippen LogP contribution in [0.2, 0.25) is 0 Å². The Morgan fingerprint density at radius 1 is 1.28 bits per heavy atom.